The van der Waals surface area contributed by atoms with Gasteiger partial charge in [-0.2, -0.15) is 0 Å². The standard InChI is InChI=1S/C9H14O3/c1-2-3-4-12-9(11)7-5-8(10)6-7/h7H,2-6H2,1H3. The zero-order valence-electron chi connectivity index (χ0n) is 7.34. The van der Waals surface area contributed by atoms with E-state index in [4.69, 9.17) is 4.74 Å². The Hall–Kier alpha value is -0.860. The smallest absolute Gasteiger partial charge is 0.309 e. The van der Waals surface area contributed by atoms with Crippen LogP contribution in [0.3, 0.4) is 0 Å². The van der Waals surface area contributed by atoms with E-state index >= 15 is 0 Å². The average molecular weight is 170 g/mol. The molecule has 0 saturated heterocycles. The Labute approximate surface area is 72.1 Å². The van der Waals surface area contributed by atoms with Crippen LogP contribution >= 0.6 is 0 Å². The predicted octanol–water partition coefficient (Wildman–Crippen LogP) is 1.31. The van der Waals surface area contributed by atoms with Gasteiger partial charge in [0.15, 0.2) is 0 Å². The van der Waals surface area contributed by atoms with E-state index < -0.39 is 0 Å². The number of unbranched alkanes of at least 4 members (excludes halogenated alkanes) is 1. The minimum absolute atomic E-state index is 0.130. The number of ether oxygens (including phenoxy) is 1. The minimum Gasteiger partial charge on any atom is -0.465 e. The topological polar surface area (TPSA) is 43.4 Å². The maximum absolute atomic E-state index is 11.1. The highest BCUT2D eigenvalue weighted by Gasteiger charge is 2.33. The summed E-state index contributed by atoms with van der Waals surface area (Å²) in [5.74, 6) is -0.148. The first-order valence-electron chi connectivity index (χ1n) is 4.42. The number of ketones is 1. The van der Waals surface area contributed by atoms with Gasteiger partial charge in [-0.1, -0.05) is 13.3 Å². The van der Waals surface area contributed by atoms with Crippen LogP contribution in [-0.4, -0.2) is 18.4 Å². The second kappa shape index (κ2) is 4.24. The van der Waals surface area contributed by atoms with Crippen LogP contribution < -0.4 is 0 Å². The molecule has 1 saturated carbocycles. The van der Waals surface area contributed by atoms with Crippen molar-refractivity contribution in [2.75, 3.05) is 6.61 Å². The highest BCUT2D eigenvalue weighted by Crippen LogP contribution is 2.23. The number of carbonyl (C=O) groups is 2. The monoisotopic (exact) mass is 170 g/mol. The summed E-state index contributed by atoms with van der Waals surface area (Å²) in [6.45, 7) is 2.54. The summed E-state index contributed by atoms with van der Waals surface area (Å²) in [5, 5.41) is 0. The van der Waals surface area contributed by atoms with Gasteiger partial charge in [0.25, 0.3) is 0 Å². The van der Waals surface area contributed by atoms with Gasteiger partial charge in [-0.05, 0) is 6.42 Å². The lowest BCUT2D eigenvalue weighted by molar-refractivity contribution is -0.155. The van der Waals surface area contributed by atoms with Crippen molar-refractivity contribution in [3.05, 3.63) is 0 Å². The molecule has 0 bridgehead atoms. The molecule has 3 heteroatoms. The third kappa shape index (κ3) is 2.32. The molecule has 3 nitrogen and oxygen atoms in total. The van der Waals surface area contributed by atoms with Gasteiger partial charge in [0.05, 0.1) is 12.5 Å². The van der Waals surface area contributed by atoms with E-state index in [0.717, 1.165) is 12.8 Å². The van der Waals surface area contributed by atoms with Crippen LogP contribution in [0.25, 0.3) is 0 Å². The first-order valence-corrected chi connectivity index (χ1v) is 4.42. The van der Waals surface area contributed by atoms with E-state index in [0.29, 0.717) is 19.4 Å². The Morgan fingerprint density at radius 2 is 2.25 bits per heavy atom. The van der Waals surface area contributed by atoms with Gasteiger partial charge in [-0.25, -0.2) is 0 Å². The summed E-state index contributed by atoms with van der Waals surface area (Å²) in [5.41, 5.74) is 0. The molecule has 0 spiro atoms. The van der Waals surface area contributed by atoms with E-state index in [1.54, 1.807) is 0 Å². The molecule has 0 unspecified atom stereocenters. The van der Waals surface area contributed by atoms with Crippen molar-refractivity contribution in [2.24, 2.45) is 5.92 Å². The first kappa shape index (κ1) is 9.23. The number of hydrogen-bond donors (Lipinski definition) is 0. The number of carbonyl (C=O) groups excluding carboxylic acids is 2. The minimum atomic E-state index is -0.192. The average Bonchev–Trinajstić information content (AvgIpc) is 1.99. The van der Waals surface area contributed by atoms with Crippen molar-refractivity contribution < 1.29 is 14.3 Å². The fourth-order valence-electron chi connectivity index (χ4n) is 1.09. The third-order valence-electron chi connectivity index (χ3n) is 2.02. The lowest BCUT2D eigenvalue weighted by Crippen LogP contribution is -2.32. The van der Waals surface area contributed by atoms with Crippen LogP contribution in [0.2, 0.25) is 0 Å². The molecule has 0 N–H and O–H groups in total. The molecule has 0 radical (unpaired) electrons. The number of esters is 1. The third-order valence-corrected chi connectivity index (χ3v) is 2.02. The maximum atomic E-state index is 11.1. The molecule has 0 atom stereocenters. The molecule has 0 aromatic heterocycles. The second-order valence-corrected chi connectivity index (χ2v) is 3.16. The maximum Gasteiger partial charge on any atom is 0.309 e. The lowest BCUT2D eigenvalue weighted by Gasteiger charge is -2.21. The van der Waals surface area contributed by atoms with Crippen LogP contribution in [-0.2, 0) is 14.3 Å². The Morgan fingerprint density at radius 3 is 2.75 bits per heavy atom. The van der Waals surface area contributed by atoms with E-state index in [9.17, 15) is 9.59 Å². The van der Waals surface area contributed by atoms with Crippen molar-refractivity contribution in [1.82, 2.24) is 0 Å². The Balaban J connectivity index is 2.08. The van der Waals surface area contributed by atoms with Crippen molar-refractivity contribution in [3.8, 4) is 0 Å². The second-order valence-electron chi connectivity index (χ2n) is 3.16. The summed E-state index contributed by atoms with van der Waals surface area (Å²) in [7, 11) is 0. The fourth-order valence-corrected chi connectivity index (χ4v) is 1.09. The number of rotatable bonds is 4. The molecule has 0 amide bonds. The highest BCUT2D eigenvalue weighted by atomic mass is 16.5. The summed E-state index contributed by atoms with van der Waals surface area (Å²) in [6.07, 6.45) is 2.72. The van der Waals surface area contributed by atoms with Gasteiger partial charge < -0.3 is 4.74 Å². The number of Topliss-reactive ketones (excluding diaryl/α,β-unsaturated/α-hetero) is 1. The lowest BCUT2D eigenvalue weighted by atomic mass is 9.84. The molecule has 68 valence electrons. The van der Waals surface area contributed by atoms with E-state index in [1.165, 1.54) is 0 Å². The largest absolute Gasteiger partial charge is 0.465 e. The van der Waals surface area contributed by atoms with Crippen LogP contribution in [0.1, 0.15) is 32.6 Å². The molecule has 0 aromatic carbocycles. The Kier molecular flexibility index (Phi) is 3.26. The summed E-state index contributed by atoms with van der Waals surface area (Å²) in [4.78, 5) is 21.6. The van der Waals surface area contributed by atoms with E-state index in [2.05, 4.69) is 0 Å². The summed E-state index contributed by atoms with van der Waals surface area (Å²) >= 11 is 0. The number of hydrogen-bond acceptors (Lipinski definition) is 3. The molecule has 1 aliphatic carbocycles. The quantitative estimate of drug-likeness (QED) is 0.472. The van der Waals surface area contributed by atoms with Crippen LogP contribution in [0.4, 0.5) is 0 Å². The molecular weight excluding hydrogens is 156 g/mol. The van der Waals surface area contributed by atoms with Crippen LogP contribution in [0, 0.1) is 5.92 Å². The van der Waals surface area contributed by atoms with Crippen LogP contribution in [0.15, 0.2) is 0 Å². The Morgan fingerprint density at radius 1 is 1.58 bits per heavy atom. The van der Waals surface area contributed by atoms with Gasteiger partial charge in [-0.3, -0.25) is 9.59 Å². The van der Waals surface area contributed by atoms with Crippen LogP contribution in [0.5, 0.6) is 0 Å². The molecule has 1 aliphatic rings. The van der Waals surface area contributed by atoms with Gasteiger partial charge in [0, 0.05) is 12.8 Å². The van der Waals surface area contributed by atoms with Gasteiger partial charge in [-0.15, -0.1) is 0 Å². The van der Waals surface area contributed by atoms with Crippen molar-refractivity contribution in [2.45, 2.75) is 32.6 Å². The van der Waals surface area contributed by atoms with Crippen molar-refractivity contribution in [1.29, 1.82) is 0 Å². The predicted molar refractivity (Wildman–Crippen MR) is 43.6 cm³/mol. The van der Waals surface area contributed by atoms with Gasteiger partial charge in [0.2, 0.25) is 0 Å². The van der Waals surface area contributed by atoms with Crippen molar-refractivity contribution >= 4 is 11.8 Å². The molecule has 0 aromatic rings. The molecule has 0 aliphatic heterocycles. The zero-order chi connectivity index (χ0) is 8.97. The normalized spacial score (nSPS) is 17.2. The molecular formula is C9H14O3. The molecule has 1 fully saturated rings. The van der Waals surface area contributed by atoms with Gasteiger partial charge in [0.1, 0.15) is 5.78 Å². The Bertz CT molecular complexity index is 178. The fraction of sp³-hybridized carbons (Fsp3) is 0.778. The zero-order valence-corrected chi connectivity index (χ0v) is 7.34. The highest BCUT2D eigenvalue weighted by molar-refractivity contribution is 5.94. The summed E-state index contributed by atoms with van der Waals surface area (Å²) in [6, 6.07) is 0. The van der Waals surface area contributed by atoms with Crippen molar-refractivity contribution in [3.63, 3.8) is 0 Å². The SMILES string of the molecule is CCCCOC(=O)C1CC(=O)C1. The van der Waals surface area contributed by atoms with Gasteiger partial charge >= 0.3 is 5.97 Å². The van der Waals surface area contributed by atoms with E-state index in [1.807, 2.05) is 6.92 Å². The molecule has 12 heavy (non-hydrogen) atoms. The first-order chi connectivity index (χ1) is 5.74. The summed E-state index contributed by atoms with van der Waals surface area (Å²) < 4.78 is 4.94. The molecule has 1 rings (SSSR count). The molecule has 0 heterocycles. The van der Waals surface area contributed by atoms with E-state index in [-0.39, 0.29) is 17.7 Å².